The van der Waals surface area contributed by atoms with Crippen LogP contribution in [0.1, 0.15) is 181 Å². The van der Waals surface area contributed by atoms with Gasteiger partial charge in [0.05, 0.1) is 27.7 Å². The minimum absolute atomic E-state index is 0.0335. The van der Waals surface area contributed by atoms with Crippen LogP contribution in [-0.2, 0) is 32.7 Å². The average molecular weight is 836 g/mol. The van der Waals surface area contributed by atoms with Crippen LogP contribution in [0.15, 0.2) is 60.8 Å². The fourth-order valence-electron chi connectivity index (χ4n) is 5.97. The lowest BCUT2D eigenvalue weighted by Gasteiger charge is -2.28. The van der Waals surface area contributed by atoms with E-state index in [1.807, 2.05) is 21.1 Å². The van der Waals surface area contributed by atoms with Crippen molar-refractivity contribution in [2.24, 2.45) is 0 Å². The van der Waals surface area contributed by atoms with Gasteiger partial charge in [-0.2, -0.15) is 0 Å². The smallest absolute Gasteiger partial charge is 0.306 e. The zero-order chi connectivity index (χ0) is 42.8. The molecule has 0 aromatic rings. The van der Waals surface area contributed by atoms with Crippen LogP contribution in [0.25, 0.3) is 0 Å². The molecule has 0 bridgehead atoms. The first-order chi connectivity index (χ1) is 28.0. The molecule has 0 N–H and O–H groups in total. The number of phosphoric acid groups is 1. The number of hydrogen-bond donors (Lipinski definition) is 0. The van der Waals surface area contributed by atoms with Crippen LogP contribution in [0.4, 0.5) is 0 Å². The number of likely N-dealkylation sites (N-methyl/N-ethyl adjacent to an activating group) is 1. The number of hydrogen-bond acceptors (Lipinski definition) is 8. The zero-order valence-corrected chi connectivity index (χ0v) is 38.6. The van der Waals surface area contributed by atoms with Crippen molar-refractivity contribution >= 4 is 19.8 Å². The molecule has 0 aliphatic rings. The van der Waals surface area contributed by atoms with E-state index in [4.69, 9.17) is 18.5 Å². The predicted molar refractivity (Wildman–Crippen MR) is 240 cm³/mol. The van der Waals surface area contributed by atoms with Crippen LogP contribution in [0, 0.1) is 0 Å². The molecule has 10 heteroatoms. The van der Waals surface area contributed by atoms with E-state index in [2.05, 4.69) is 74.6 Å². The van der Waals surface area contributed by atoms with Gasteiger partial charge in [0.2, 0.25) is 0 Å². The molecule has 0 saturated carbocycles. The number of unbranched alkanes of at least 4 members (excludes halogenated alkanes) is 17. The highest BCUT2D eigenvalue weighted by Crippen LogP contribution is 2.38. The van der Waals surface area contributed by atoms with E-state index in [1.54, 1.807) is 0 Å². The first-order valence-electron chi connectivity index (χ1n) is 23.0. The Hall–Kier alpha value is -2.29. The Morgan fingerprint density at radius 3 is 1.47 bits per heavy atom. The van der Waals surface area contributed by atoms with Crippen molar-refractivity contribution in [3.8, 4) is 0 Å². The second-order valence-electron chi connectivity index (χ2n) is 16.4. The van der Waals surface area contributed by atoms with E-state index < -0.39 is 26.5 Å². The van der Waals surface area contributed by atoms with Gasteiger partial charge in [-0.1, -0.05) is 171 Å². The maximum atomic E-state index is 12.7. The van der Waals surface area contributed by atoms with Gasteiger partial charge in [0.25, 0.3) is 7.82 Å². The largest absolute Gasteiger partial charge is 0.756 e. The summed E-state index contributed by atoms with van der Waals surface area (Å²) >= 11 is 0. The van der Waals surface area contributed by atoms with E-state index in [0.29, 0.717) is 17.4 Å². The van der Waals surface area contributed by atoms with Crippen LogP contribution in [0.3, 0.4) is 0 Å². The molecule has 0 rings (SSSR count). The minimum Gasteiger partial charge on any atom is -0.756 e. The highest BCUT2D eigenvalue weighted by Gasteiger charge is 2.21. The monoisotopic (exact) mass is 836 g/mol. The number of phosphoric ester groups is 1. The SMILES string of the molecule is CC/C=C\C/C=C\C/C=C\C/C=C\C/C=C\CCCCCCCCCCCC(=O)OC(COC(=O)CCCCCCCCCCC)COP(=O)([O-])OCC[N+](C)(C)C. The maximum absolute atomic E-state index is 12.7. The van der Waals surface area contributed by atoms with Crippen LogP contribution in [-0.4, -0.2) is 70.0 Å². The molecule has 0 fully saturated rings. The Bertz CT molecular complexity index is 1170. The minimum atomic E-state index is -4.62. The summed E-state index contributed by atoms with van der Waals surface area (Å²) in [5.74, 6) is -0.846. The highest BCUT2D eigenvalue weighted by atomic mass is 31.2. The summed E-state index contributed by atoms with van der Waals surface area (Å²) in [7, 11) is 1.16. The number of ether oxygens (including phenoxy) is 2. The molecule has 0 aliphatic carbocycles. The number of carbonyl (C=O) groups excluding carboxylic acids is 2. The molecule has 0 aromatic heterocycles. The summed E-state index contributed by atoms with van der Waals surface area (Å²) < 4.78 is 33.9. The second-order valence-corrected chi connectivity index (χ2v) is 17.8. The molecule has 2 atom stereocenters. The molecule has 0 heterocycles. The lowest BCUT2D eigenvalue weighted by molar-refractivity contribution is -0.870. The molecule has 0 aliphatic heterocycles. The van der Waals surface area contributed by atoms with Crippen LogP contribution in [0.5, 0.6) is 0 Å². The van der Waals surface area contributed by atoms with Crippen LogP contribution >= 0.6 is 7.82 Å². The molecule has 0 saturated heterocycles. The molecule has 0 amide bonds. The molecule has 58 heavy (non-hydrogen) atoms. The van der Waals surface area contributed by atoms with Gasteiger partial charge >= 0.3 is 11.9 Å². The zero-order valence-electron chi connectivity index (χ0n) is 37.7. The van der Waals surface area contributed by atoms with E-state index in [-0.39, 0.29) is 32.0 Å². The molecular formula is C48H86NO8P. The van der Waals surface area contributed by atoms with Gasteiger partial charge in [0.15, 0.2) is 6.10 Å². The Morgan fingerprint density at radius 2 is 0.983 bits per heavy atom. The lowest BCUT2D eigenvalue weighted by atomic mass is 10.1. The topological polar surface area (TPSA) is 111 Å². The lowest BCUT2D eigenvalue weighted by Crippen LogP contribution is -2.37. The highest BCUT2D eigenvalue weighted by molar-refractivity contribution is 7.45. The van der Waals surface area contributed by atoms with Crippen molar-refractivity contribution in [3.05, 3.63) is 60.8 Å². The Morgan fingerprint density at radius 1 is 0.552 bits per heavy atom. The van der Waals surface area contributed by atoms with Crippen molar-refractivity contribution in [3.63, 3.8) is 0 Å². The van der Waals surface area contributed by atoms with E-state index >= 15 is 0 Å². The number of nitrogens with zero attached hydrogens (tertiary/aromatic N) is 1. The van der Waals surface area contributed by atoms with Crippen molar-refractivity contribution in [1.29, 1.82) is 0 Å². The number of carbonyl (C=O) groups is 2. The molecule has 9 nitrogen and oxygen atoms in total. The van der Waals surface area contributed by atoms with Gasteiger partial charge in [-0.05, 0) is 57.8 Å². The van der Waals surface area contributed by atoms with E-state index in [9.17, 15) is 19.0 Å². The van der Waals surface area contributed by atoms with Crippen LogP contribution in [0.2, 0.25) is 0 Å². The third-order valence-corrected chi connectivity index (χ3v) is 10.5. The number of quaternary nitrogens is 1. The number of rotatable bonds is 41. The number of esters is 2. The first-order valence-corrected chi connectivity index (χ1v) is 24.5. The standard InChI is InChI=1S/C48H86NO8P/c1-6-8-10-12-14-16-17-18-19-20-21-22-23-24-25-26-27-28-29-30-31-33-35-37-39-41-48(51)57-46(45-56-58(52,53)55-43-42-49(3,4)5)44-54-47(50)40-38-36-34-32-15-13-11-9-7-2/h8,10,14,16,18-19,21-22,24-25,46H,6-7,9,11-13,15,17,20,23,26-45H2,1-5H3/b10-8-,16-14-,19-18-,22-21-,25-24-. The number of allylic oxidation sites excluding steroid dienone is 10. The van der Waals surface area contributed by atoms with Gasteiger partial charge in [-0.25, -0.2) is 0 Å². The maximum Gasteiger partial charge on any atom is 0.306 e. The fraction of sp³-hybridized carbons (Fsp3) is 0.750. The molecule has 2 unspecified atom stereocenters. The van der Waals surface area contributed by atoms with Crippen molar-refractivity contribution < 1.29 is 42.1 Å². The average Bonchev–Trinajstić information content (AvgIpc) is 3.17. The van der Waals surface area contributed by atoms with E-state index in [0.717, 1.165) is 77.0 Å². The molecule has 336 valence electrons. The second kappa shape index (κ2) is 40.1. The van der Waals surface area contributed by atoms with Gasteiger partial charge in [-0.3, -0.25) is 14.2 Å². The fourth-order valence-corrected chi connectivity index (χ4v) is 6.70. The molecular weight excluding hydrogens is 750 g/mol. The third kappa shape index (κ3) is 43.3. The quantitative estimate of drug-likeness (QED) is 0.0197. The summed E-state index contributed by atoms with van der Waals surface area (Å²) in [5.41, 5.74) is 0. The van der Waals surface area contributed by atoms with Crippen molar-refractivity contribution in [2.45, 2.75) is 187 Å². The summed E-state index contributed by atoms with van der Waals surface area (Å²) in [6.45, 7) is 4.08. The van der Waals surface area contributed by atoms with Gasteiger partial charge < -0.3 is 27.9 Å². The molecule has 0 radical (unpaired) electrons. The van der Waals surface area contributed by atoms with Crippen LogP contribution < -0.4 is 4.89 Å². The Kier molecular flexibility index (Phi) is 38.5. The summed E-state index contributed by atoms with van der Waals surface area (Å²) in [5, 5.41) is 0. The molecule has 0 aromatic carbocycles. The third-order valence-electron chi connectivity index (χ3n) is 9.55. The van der Waals surface area contributed by atoms with Crippen molar-refractivity contribution in [2.75, 3.05) is 47.5 Å². The van der Waals surface area contributed by atoms with Gasteiger partial charge in [0.1, 0.15) is 19.8 Å². The first kappa shape index (κ1) is 55.7. The summed E-state index contributed by atoms with van der Waals surface area (Å²) in [6, 6.07) is 0. The molecule has 0 spiro atoms. The summed E-state index contributed by atoms with van der Waals surface area (Å²) in [6.07, 6.45) is 48.3. The van der Waals surface area contributed by atoms with Gasteiger partial charge in [0, 0.05) is 12.8 Å². The Balaban J connectivity index is 4.22. The Labute approximate surface area is 356 Å². The predicted octanol–water partition coefficient (Wildman–Crippen LogP) is 12.6. The van der Waals surface area contributed by atoms with E-state index in [1.165, 1.54) is 70.6 Å². The summed E-state index contributed by atoms with van der Waals surface area (Å²) in [4.78, 5) is 37.5. The van der Waals surface area contributed by atoms with Crippen molar-refractivity contribution in [1.82, 2.24) is 0 Å². The normalized spacial score (nSPS) is 14.1. The van der Waals surface area contributed by atoms with Gasteiger partial charge in [-0.15, -0.1) is 0 Å².